The molecule has 2 N–H and O–H groups in total. The van der Waals surface area contributed by atoms with Crippen molar-refractivity contribution in [1.29, 1.82) is 0 Å². The molecule has 4 aliphatic rings. The van der Waals surface area contributed by atoms with Crippen LogP contribution in [0.15, 0.2) is 42.3 Å². The molecule has 5 rings (SSSR count). The number of pyridine rings is 1. The maximum Gasteiger partial charge on any atom is 0.0343 e. The van der Waals surface area contributed by atoms with E-state index in [1.165, 1.54) is 56.1 Å². The largest absolute Gasteiger partial charge is 0.328 e. The van der Waals surface area contributed by atoms with E-state index in [0.717, 1.165) is 17.8 Å². The highest BCUT2D eigenvalue weighted by Crippen LogP contribution is 2.65. The Balaban J connectivity index is 0.000000932. The molecule has 0 saturated heterocycles. The second kappa shape index (κ2) is 7.44. The number of allylic oxidation sites excluding steroid dienone is 4. The van der Waals surface area contributed by atoms with E-state index in [4.69, 9.17) is 5.73 Å². The maximum atomic E-state index is 6.33. The molecule has 3 saturated carbocycles. The Hall–Kier alpha value is -1.41. The van der Waals surface area contributed by atoms with Crippen molar-refractivity contribution >= 4 is 5.57 Å². The number of nitrogens with zero attached hydrogens (tertiary/aromatic N) is 1. The normalized spacial score (nSPS) is 41.5. The Morgan fingerprint density at radius 3 is 2.61 bits per heavy atom. The second-order valence-corrected chi connectivity index (χ2v) is 9.84. The fourth-order valence-corrected chi connectivity index (χ4v) is 7.22. The van der Waals surface area contributed by atoms with Crippen molar-refractivity contribution < 1.29 is 0 Å². The van der Waals surface area contributed by atoms with Gasteiger partial charge in [-0.3, -0.25) is 4.98 Å². The van der Waals surface area contributed by atoms with E-state index >= 15 is 0 Å². The third kappa shape index (κ3) is 2.91. The number of fused-ring (bicyclic) bond motifs is 5. The van der Waals surface area contributed by atoms with Crippen LogP contribution in [0.4, 0.5) is 0 Å². The lowest BCUT2D eigenvalue weighted by Gasteiger charge is -2.59. The zero-order valence-electron chi connectivity index (χ0n) is 18.2. The molecule has 0 aliphatic heterocycles. The number of aromatic nitrogens is 1. The lowest BCUT2D eigenvalue weighted by atomic mass is 9.46. The van der Waals surface area contributed by atoms with Crippen LogP contribution < -0.4 is 5.73 Å². The summed E-state index contributed by atoms with van der Waals surface area (Å²) in [5, 5.41) is 0. The predicted octanol–water partition coefficient (Wildman–Crippen LogP) is 6.39. The zero-order chi connectivity index (χ0) is 19.9. The molecule has 3 fully saturated rings. The van der Waals surface area contributed by atoms with Gasteiger partial charge in [0.15, 0.2) is 0 Å². The van der Waals surface area contributed by atoms with E-state index < -0.39 is 0 Å². The monoisotopic (exact) mass is 378 g/mol. The Morgan fingerprint density at radius 1 is 1.04 bits per heavy atom. The third-order valence-corrected chi connectivity index (χ3v) is 8.72. The zero-order valence-corrected chi connectivity index (χ0v) is 18.2. The number of hydrogen-bond donors (Lipinski definition) is 1. The van der Waals surface area contributed by atoms with Gasteiger partial charge < -0.3 is 5.73 Å². The summed E-state index contributed by atoms with van der Waals surface area (Å²) in [5.74, 6) is 2.48. The van der Waals surface area contributed by atoms with Crippen molar-refractivity contribution in [3.63, 3.8) is 0 Å². The summed E-state index contributed by atoms with van der Waals surface area (Å²) in [4.78, 5) is 4.38. The molecule has 1 aromatic heterocycles. The molecule has 0 spiro atoms. The smallest absolute Gasteiger partial charge is 0.0343 e. The molecule has 0 amide bonds. The van der Waals surface area contributed by atoms with Crippen molar-refractivity contribution in [1.82, 2.24) is 4.98 Å². The molecule has 0 radical (unpaired) electrons. The fourth-order valence-electron chi connectivity index (χ4n) is 7.22. The minimum Gasteiger partial charge on any atom is -0.328 e. The quantitative estimate of drug-likeness (QED) is 0.615. The fraction of sp³-hybridized carbons (Fsp3) is 0.654. The lowest BCUT2D eigenvalue weighted by Crippen LogP contribution is -2.52. The molecule has 0 aromatic carbocycles. The molecular weight excluding hydrogens is 340 g/mol. The summed E-state index contributed by atoms with van der Waals surface area (Å²) in [6, 6.07) is 4.75. The third-order valence-electron chi connectivity index (χ3n) is 8.72. The first kappa shape index (κ1) is 19.9. The minimum absolute atomic E-state index is 0.221. The summed E-state index contributed by atoms with van der Waals surface area (Å²) in [7, 11) is 0. The SMILES string of the molecule is CC.CC12CCC3C(CCC4C[C@H](N)CCC43C)C1=CC=C2c1cccnc1. The van der Waals surface area contributed by atoms with Crippen molar-refractivity contribution in [2.45, 2.75) is 78.7 Å². The van der Waals surface area contributed by atoms with Crippen LogP contribution in [-0.2, 0) is 0 Å². The summed E-state index contributed by atoms with van der Waals surface area (Å²) >= 11 is 0. The Bertz CT molecular complexity index is 764. The van der Waals surface area contributed by atoms with Gasteiger partial charge in [-0.1, -0.05) is 51.5 Å². The standard InChI is InChI=1S/C24H32N2.C2H6/c1-23-11-9-18(25)14-17(23)5-6-19-21-8-7-20(16-4-3-13-26-15-16)24(21,2)12-10-22(19)23;1-2/h3-4,7-8,13,15,17-19,22H,5-6,9-12,14,25H2,1-2H3;1-2H3/t17?,18-,19?,22?,23?,24?;/m1./s1. The van der Waals surface area contributed by atoms with Crippen LogP contribution in [0, 0.1) is 28.6 Å². The van der Waals surface area contributed by atoms with Crippen LogP contribution >= 0.6 is 0 Å². The van der Waals surface area contributed by atoms with Gasteiger partial charge >= 0.3 is 0 Å². The molecule has 2 heteroatoms. The summed E-state index contributed by atoms with van der Waals surface area (Å²) < 4.78 is 0. The maximum absolute atomic E-state index is 6.33. The van der Waals surface area contributed by atoms with Gasteiger partial charge in [-0.05, 0) is 85.3 Å². The number of hydrogen-bond acceptors (Lipinski definition) is 2. The van der Waals surface area contributed by atoms with E-state index in [0.29, 0.717) is 11.5 Å². The highest BCUT2D eigenvalue weighted by molar-refractivity contribution is 5.78. The van der Waals surface area contributed by atoms with Gasteiger partial charge in [0.2, 0.25) is 0 Å². The topological polar surface area (TPSA) is 38.9 Å². The first-order valence-corrected chi connectivity index (χ1v) is 11.6. The Labute approximate surface area is 171 Å². The van der Waals surface area contributed by atoms with Gasteiger partial charge in [-0.2, -0.15) is 0 Å². The molecular formula is C26H38N2. The second-order valence-electron chi connectivity index (χ2n) is 9.84. The first-order valence-electron chi connectivity index (χ1n) is 11.6. The average Bonchev–Trinajstić information content (AvgIpc) is 3.08. The predicted molar refractivity (Wildman–Crippen MR) is 119 cm³/mol. The molecule has 2 nitrogen and oxygen atoms in total. The van der Waals surface area contributed by atoms with E-state index in [1.807, 2.05) is 26.2 Å². The summed E-state index contributed by atoms with van der Waals surface area (Å²) in [5.41, 5.74) is 11.6. The molecule has 5 unspecified atom stereocenters. The first-order chi connectivity index (χ1) is 13.5. The minimum atomic E-state index is 0.221. The molecule has 152 valence electrons. The molecule has 28 heavy (non-hydrogen) atoms. The number of nitrogens with two attached hydrogens (primary N) is 1. The Kier molecular flexibility index (Phi) is 5.29. The van der Waals surface area contributed by atoms with Crippen LogP contribution in [0.5, 0.6) is 0 Å². The van der Waals surface area contributed by atoms with Gasteiger partial charge in [0.1, 0.15) is 0 Å². The lowest BCUT2D eigenvalue weighted by molar-refractivity contribution is -0.0506. The van der Waals surface area contributed by atoms with Crippen molar-refractivity contribution in [3.05, 3.63) is 47.8 Å². The van der Waals surface area contributed by atoms with E-state index in [9.17, 15) is 0 Å². The summed E-state index contributed by atoms with van der Waals surface area (Å²) in [6.07, 6.45) is 18.0. The van der Waals surface area contributed by atoms with Crippen LogP contribution in [0.1, 0.15) is 78.2 Å². The molecule has 1 aromatic rings. The van der Waals surface area contributed by atoms with E-state index in [2.05, 4.69) is 43.1 Å². The van der Waals surface area contributed by atoms with Crippen molar-refractivity contribution in [2.75, 3.05) is 0 Å². The van der Waals surface area contributed by atoms with Crippen LogP contribution in [-0.4, -0.2) is 11.0 Å². The van der Waals surface area contributed by atoms with Crippen LogP contribution in [0.25, 0.3) is 5.57 Å². The van der Waals surface area contributed by atoms with E-state index in [-0.39, 0.29) is 5.41 Å². The molecule has 6 atom stereocenters. The van der Waals surface area contributed by atoms with Gasteiger partial charge in [-0.25, -0.2) is 0 Å². The molecule has 4 aliphatic carbocycles. The van der Waals surface area contributed by atoms with Gasteiger partial charge in [0.25, 0.3) is 0 Å². The van der Waals surface area contributed by atoms with Crippen molar-refractivity contribution in [3.8, 4) is 0 Å². The molecule has 0 bridgehead atoms. The summed E-state index contributed by atoms with van der Waals surface area (Å²) in [6.45, 7) is 9.10. The van der Waals surface area contributed by atoms with Crippen LogP contribution in [0.2, 0.25) is 0 Å². The van der Waals surface area contributed by atoms with Gasteiger partial charge in [-0.15, -0.1) is 0 Å². The Morgan fingerprint density at radius 2 is 1.86 bits per heavy atom. The highest BCUT2D eigenvalue weighted by Gasteiger charge is 2.56. The van der Waals surface area contributed by atoms with Crippen LogP contribution in [0.3, 0.4) is 0 Å². The highest BCUT2D eigenvalue weighted by atomic mass is 14.7. The molecule has 1 heterocycles. The van der Waals surface area contributed by atoms with Gasteiger partial charge in [0, 0.05) is 23.9 Å². The van der Waals surface area contributed by atoms with Gasteiger partial charge in [0.05, 0.1) is 0 Å². The van der Waals surface area contributed by atoms with E-state index in [1.54, 1.807) is 5.57 Å². The average molecular weight is 379 g/mol. The number of rotatable bonds is 1. The van der Waals surface area contributed by atoms with Crippen molar-refractivity contribution in [2.24, 2.45) is 34.3 Å².